The van der Waals surface area contributed by atoms with Gasteiger partial charge >= 0.3 is 8.25 Å². The third-order valence-electron chi connectivity index (χ3n) is 4.86. The number of rotatable bonds is 4. The van der Waals surface area contributed by atoms with Crippen molar-refractivity contribution < 1.29 is 23.8 Å². The number of allylic oxidation sites excluding steroid dienone is 2. The third-order valence-corrected chi connectivity index (χ3v) is 5.28. The van der Waals surface area contributed by atoms with Crippen LogP contribution < -0.4 is 4.89 Å². The average Bonchev–Trinajstić information content (AvgIpc) is 3.01. The van der Waals surface area contributed by atoms with Gasteiger partial charge in [-0.2, -0.15) is 0 Å². The van der Waals surface area contributed by atoms with E-state index in [0.717, 1.165) is 0 Å². The highest BCUT2D eigenvalue weighted by atomic mass is 31.1. The minimum absolute atomic E-state index is 0.0400. The molecule has 8 heteroatoms. The summed E-state index contributed by atoms with van der Waals surface area (Å²) in [5.74, 6) is -0.217. The molecular weight excluding hydrogens is 319 g/mol. The molecule has 0 bridgehead atoms. The standard InChI is InChI=1S/C15H21N2O5P/c1-8-4-11-12(5-9(8)2)17(7-16-11)15-10(3)14(22-23(19)20)13(6-18)21-15/h4-5,7,10-15,18H,6H2,1-3H3/t10-,11?,12?,13-,14+,15+/m1/s1. The lowest BCUT2D eigenvalue weighted by molar-refractivity contribution is -0.192. The van der Waals surface area contributed by atoms with Gasteiger partial charge in [0.25, 0.3) is 0 Å². The van der Waals surface area contributed by atoms with Gasteiger partial charge in [-0.05, 0) is 18.4 Å². The molecule has 0 aromatic carbocycles. The second-order valence-electron chi connectivity index (χ2n) is 6.29. The molecule has 3 rings (SSSR count). The summed E-state index contributed by atoms with van der Waals surface area (Å²) in [5, 5.41) is 9.46. The first-order valence-corrected chi connectivity index (χ1v) is 8.77. The number of aliphatic hydroxyl groups excluding tert-OH is 1. The van der Waals surface area contributed by atoms with Crippen molar-refractivity contribution in [1.29, 1.82) is 0 Å². The first-order chi connectivity index (χ1) is 10.9. The van der Waals surface area contributed by atoms with Gasteiger partial charge in [-0.25, -0.2) is 0 Å². The Morgan fingerprint density at radius 1 is 1.43 bits per heavy atom. The zero-order valence-corrected chi connectivity index (χ0v) is 14.2. The summed E-state index contributed by atoms with van der Waals surface area (Å²) in [6, 6.07) is 0.0865. The van der Waals surface area contributed by atoms with Crippen molar-refractivity contribution in [1.82, 2.24) is 4.90 Å². The summed E-state index contributed by atoms with van der Waals surface area (Å²) in [4.78, 5) is 17.4. The summed E-state index contributed by atoms with van der Waals surface area (Å²) in [6.07, 6.45) is 4.29. The van der Waals surface area contributed by atoms with E-state index in [0.29, 0.717) is 0 Å². The molecule has 3 aliphatic rings. The van der Waals surface area contributed by atoms with E-state index >= 15 is 0 Å². The Labute approximate surface area is 136 Å². The maximum atomic E-state index is 10.9. The van der Waals surface area contributed by atoms with Gasteiger partial charge in [-0.1, -0.05) is 30.2 Å². The first-order valence-electron chi connectivity index (χ1n) is 7.68. The highest BCUT2D eigenvalue weighted by Gasteiger charge is 2.50. The zero-order valence-electron chi connectivity index (χ0n) is 13.3. The molecule has 3 unspecified atom stereocenters. The van der Waals surface area contributed by atoms with Gasteiger partial charge in [-0.3, -0.25) is 4.99 Å². The van der Waals surface area contributed by atoms with Crippen LogP contribution in [0.5, 0.6) is 0 Å². The van der Waals surface area contributed by atoms with Crippen LogP contribution in [0.1, 0.15) is 20.8 Å². The molecular formula is C15H21N2O5P. The predicted molar refractivity (Wildman–Crippen MR) is 82.8 cm³/mol. The van der Waals surface area contributed by atoms with Crippen LogP contribution in [0.3, 0.4) is 0 Å². The predicted octanol–water partition coefficient (Wildman–Crippen LogP) is 0.730. The summed E-state index contributed by atoms with van der Waals surface area (Å²) in [6.45, 7) is 5.69. The minimum atomic E-state index is -3.00. The molecule has 0 radical (unpaired) electrons. The summed E-state index contributed by atoms with van der Waals surface area (Å²) >= 11 is 0. The molecule has 7 nitrogen and oxygen atoms in total. The lowest BCUT2D eigenvalue weighted by atomic mass is 9.92. The van der Waals surface area contributed by atoms with E-state index in [-0.39, 0.29) is 30.8 Å². The molecule has 0 aromatic heterocycles. The second-order valence-corrected chi connectivity index (χ2v) is 6.95. The molecule has 7 atom stereocenters. The molecule has 126 valence electrons. The van der Waals surface area contributed by atoms with E-state index < -0.39 is 20.5 Å². The van der Waals surface area contributed by atoms with Gasteiger partial charge in [0.15, 0.2) is 0 Å². The fraction of sp³-hybridized carbons (Fsp3) is 0.667. The SMILES string of the molecule is CC1=CC2N=CN([C@H]3O[C@H](CO)[C@@H](O[P+](=O)[O-])[C@H]3C)C2C=C1C. The maximum Gasteiger partial charge on any atom is 0.488 e. The highest BCUT2D eigenvalue weighted by molar-refractivity contribution is 7.30. The van der Waals surface area contributed by atoms with E-state index in [4.69, 9.17) is 9.26 Å². The summed E-state index contributed by atoms with van der Waals surface area (Å²) < 4.78 is 21.8. The van der Waals surface area contributed by atoms with Crippen molar-refractivity contribution in [3.8, 4) is 0 Å². The van der Waals surface area contributed by atoms with E-state index in [1.165, 1.54) is 11.1 Å². The number of aliphatic hydroxyl groups is 1. The van der Waals surface area contributed by atoms with Crippen molar-refractivity contribution in [3.63, 3.8) is 0 Å². The van der Waals surface area contributed by atoms with Crippen LogP contribution >= 0.6 is 8.25 Å². The summed E-state index contributed by atoms with van der Waals surface area (Å²) in [5.41, 5.74) is 2.41. The fourth-order valence-corrected chi connectivity index (χ4v) is 3.99. The minimum Gasteiger partial charge on any atom is -0.566 e. The van der Waals surface area contributed by atoms with Gasteiger partial charge in [-0.15, -0.1) is 4.52 Å². The molecule has 0 aromatic rings. The first kappa shape index (κ1) is 16.7. The van der Waals surface area contributed by atoms with Crippen LogP contribution in [-0.4, -0.2) is 53.5 Å². The Morgan fingerprint density at radius 3 is 2.78 bits per heavy atom. The van der Waals surface area contributed by atoms with Crippen molar-refractivity contribution in [2.24, 2.45) is 10.9 Å². The largest absolute Gasteiger partial charge is 0.566 e. The molecule has 1 saturated heterocycles. The Bertz CT molecular complexity index is 590. The van der Waals surface area contributed by atoms with Crippen LogP contribution in [0.2, 0.25) is 0 Å². The Hall–Kier alpha value is -1.11. The average molecular weight is 340 g/mol. The highest BCUT2D eigenvalue weighted by Crippen LogP contribution is 2.38. The Kier molecular flexibility index (Phi) is 4.67. The molecule has 1 N–H and O–H groups in total. The molecule has 0 amide bonds. The fourth-order valence-electron chi connectivity index (χ4n) is 3.47. The summed E-state index contributed by atoms with van der Waals surface area (Å²) in [7, 11) is -3.00. The van der Waals surface area contributed by atoms with E-state index in [1.807, 2.05) is 11.8 Å². The van der Waals surface area contributed by atoms with Gasteiger partial charge in [0.2, 0.25) is 0 Å². The molecule has 1 aliphatic carbocycles. The Balaban J connectivity index is 1.80. The van der Waals surface area contributed by atoms with Crippen LogP contribution in [0.15, 0.2) is 28.3 Å². The maximum absolute atomic E-state index is 10.9. The number of fused-ring (bicyclic) bond motifs is 1. The molecule has 2 heterocycles. The zero-order chi connectivity index (χ0) is 16.7. The van der Waals surface area contributed by atoms with Crippen LogP contribution in [0.25, 0.3) is 0 Å². The van der Waals surface area contributed by atoms with Crippen molar-refractivity contribution in [2.75, 3.05) is 6.61 Å². The van der Waals surface area contributed by atoms with E-state index in [1.54, 1.807) is 6.34 Å². The molecule has 0 spiro atoms. The van der Waals surface area contributed by atoms with Gasteiger partial charge in [0.1, 0.15) is 18.4 Å². The smallest absolute Gasteiger partial charge is 0.488 e. The number of ether oxygens (including phenoxy) is 1. The third kappa shape index (κ3) is 2.99. The molecule has 23 heavy (non-hydrogen) atoms. The van der Waals surface area contributed by atoms with Crippen molar-refractivity contribution in [3.05, 3.63) is 23.3 Å². The monoisotopic (exact) mass is 340 g/mol. The topological polar surface area (TPSA) is 94.4 Å². The Morgan fingerprint density at radius 2 is 2.13 bits per heavy atom. The normalized spacial score (nSPS) is 40.0. The number of hydrogen-bond donors (Lipinski definition) is 1. The molecule has 2 aliphatic heterocycles. The van der Waals surface area contributed by atoms with Crippen molar-refractivity contribution >= 4 is 14.6 Å². The molecule has 0 saturated carbocycles. The van der Waals surface area contributed by atoms with Gasteiger partial charge < -0.3 is 19.6 Å². The van der Waals surface area contributed by atoms with E-state index in [9.17, 15) is 14.6 Å². The number of hydrogen-bond acceptors (Lipinski definition) is 7. The quantitative estimate of drug-likeness (QED) is 0.758. The van der Waals surface area contributed by atoms with Crippen LogP contribution in [0.4, 0.5) is 0 Å². The number of aliphatic imine (C=N–C) groups is 1. The van der Waals surface area contributed by atoms with Crippen LogP contribution in [-0.2, 0) is 13.8 Å². The second kappa shape index (κ2) is 6.42. The van der Waals surface area contributed by atoms with E-state index in [2.05, 4.69) is 31.0 Å². The lowest BCUT2D eigenvalue weighted by Gasteiger charge is -2.34. The van der Waals surface area contributed by atoms with Crippen LogP contribution in [0, 0.1) is 5.92 Å². The molecule has 1 fully saturated rings. The van der Waals surface area contributed by atoms with Gasteiger partial charge in [0, 0.05) is 5.92 Å². The van der Waals surface area contributed by atoms with Crippen molar-refractivity contribution in [2.45, 2.75) is 51.3 Å². The number of nitrogens with zero attached hydrogens (tertiary/aromatic N) is 2. The lowest BCUT2D eigenvalue weighted by Crippen LogP contribution is -2.45. The van der Waals surface area contributed by atoms with Gasteiger partial charge in [0.05, 0.1) is 25.0 Å².